The molecule has 0 spiro atoms. The van der Waals surface area contributed by atoms with Gasteiger partial charge < -0.3 is 9.47 Å². The van der Waals surface area contributed by atoms with Crippen LogP contribution < -0.4 is 4.74 Å². The molecular formula is C29H35FN2O2. The average Bonchev–Trinajstić information content (AvgIpc) is 2.85. The molecule has 2 aromatic carbocycles. The molecule has 5 heteroatoms. The lowest BCUT2D eigenvalue weighted by Gasteiger charge is -2.12. The van der Waals surface area contributed by atoms with Gasteiger partial charge in [-0.3, -0.25) is 4.98 Å². The third kappa shape index (κ3) is 7.77. The van der Waals surface area contributed by atoms with Crippen molar-refractivity contribution in [2.75, 3.05) is 13.2 Å². The van der Waals surface area contributed by atoms with E-state index in [-0.39, 0.29) is 12.4 Å². The molecule has 34 heavy (non-hydrogen) atoms. The van der Waals surface area contributed by atoms with E-state index in [1.54, 1.807) is 24.4 Å². The summed E-state index contributed by atoms with van der Waals surface area (Å²) in [5.74, 6) is -0.234. The zero-order valence-corrected chi connectivity index (χ0v) is 20.3. The van der Waals surface area contributed by atoms with Gasteiger partial charge in [0.2, 0.25) is 0 Å². The molecule has 3 aromatic rings. The van der Waals surface area contributed by atoms with E-state index in [0.29, 0.717) is 17.4 Å². The molecule has 1 atom stereocenters. The molecule has 0 amide bonds. The van der Waals surface area contributed by atoms with E-state index >= 15 is 0 Å². The quantitative estimate of drug-likeness (QED) is 0.181. The van der Waals surface area contributed by atoms with Crippen LogP contribution in [0.4, 0.5) is 4.39 Å². The first-order valence-corrected chi connectivity index (χ1v) is 12.2. The van der Waals surface area contributed by atoms with Crippen molar-refractivity contribution in [1.29, 1.82) is 0 Å². The lowest BCUT2D eigenvalue weighted by molar-refractivity contribution is 0.0566. The summed E-state index contributed by atoms with van der Waals surface area (Å²) in [4.78, 5) is 9.21. The monoisotopic (exact) mass is 462 g/mol. The highest BCUT2D eigenvalue weighted by Crippen LogP contribution is 2.25. The smallest absolute Gasteiger partial charge is 0.165 e. The third-order valence-electron chi connectivity index (χ3n) is 5.59. The topological polar surface area (TPSA) is 44.2 Å². The summed E-state index contributed by atoms with van der Waals surface area (Å²) in [7, 11) is 0. The number of halogens is 1. The van der Waals surface area contributed by atoms with Crippen molar-refractivity contribution < 1.29 is 13.9 Å². The summed E-state index contributed by atoms with van der Waals surface area (Å²) in [5, 5.41) is 0. The Labute approximate surface area is 202 Å². The number of aromatic nitrogens is 2. The molecule has 0 N–H and O–H groups in total. The van der Waals surface area contributed by atoms with Gasteiger partial charge in [-0.15, -0.1) is 0 Å². The maximum Gasteiger partial charge on any atom is 0.165 e. The van der Waals surface area contributed by atoms with Crippen molar-refractivity contribution in [1.82, 2.24) is 9.97 Å². The highest BCUT2D eigenvalue weighted by molar-refractivity contribution is 5.79. The fraction of sp³-hybridized carbons (Fsp3) is 0.379. The van der Waals surface area contributed by atoms with Gasteiger partial charge in [-0.1, -0.05) is 50.6 Å². The Kier molecular flexibility index (Phi) is 10.2. The minimum absolute atomic E-state index is 0.197. The molecule has 180 valence electrons. The van der Waals surface area contributed by atoms with Crippen molar-refractivity contribution in [3.05, 3.63) is 72.7 Å². The van der Waals surface area contributed by atoms with E-state index < -0.39 is 5.82 Å². The Morgan fingerprint density at radius 3 is 2.76 bits per heavy atom. The maximum atomic E-state index is 14.3. The summed E-state index contributed by atoms with van der Waals surface area (Å²) >= 11 is 0. The lowest BCUT2D eigenvalue weighted by Crippen LogP contribution is -2.08. The van der Waals surface area contributed by atoms with Crippen LogP contribution in [-0.4, -0.2) is 29.3 Å². The Morgan fingerprint density at radius 1 is 1.09 bits per heavy atom. The van der Waals surface area contributed by atoms with Gasteiger partial charge in [0.1, 0.15) is 6.61 Å². The zero-order valence-electron chi connectivity index (χ0n) is 20.3. The summed E-state index contributed by atoms with van der Waals surface area (Å²) in [5.41, 5.74) is 3.96. The molecule has 0 bridgehead atoms. The standard InChI is InChI=1S/C29H35FN2O2/c1-4-6-10-18-33-22(3)11-8-7-9-12-23-13-15-26-27(19-23)31-21-28(32-26)24-14-16-29(25(30)20-24)34-17-5-2/h5,9,12-16,19-22H,2,4,6-8,10-11,17-18H2,1,3H3. The number of fused-ring (bicyclic) bond motifs is 1. The van der Waals surface area contributed by atoms with Crippen LogP contribution in [-0.2, 0) is 4.74 Å². The number of rotatable bonds is 14. The molecule has 3 rings (SSSR count). The second kappa shape index (κ2) is 13.6. The number of ether oxygens (including phenoxy) is 2. The van der Waals surface area contributed by atoms with Crippen LogP contribution in [0.2, 0.25) is 0 Å². The first-order valence-electron chi connectivity index (χ1n) is 12.2. The highest BCUT2D eigenvalue weighted by atomic mass is 19.1. The van der Waals surface area contributed by atoms with Crippen molar-refractivity contribution >= 4 is 17.1 Å². The summed E-state index contributed by atoms with van der Waals surface area (Å²) in [6.07, 6.45) is 14.7. The molecule has 0 aliphatic rings. The molecule has 0 radical (unpaired) electrons. The summed E-state index contributed by atoms with van der Waals surface area (Å²) < 4.78 is 25.5. The SMILES string of the molecule is C=CCOc1ccc(-c2cnc3cc(C=CCCCC(C)OCCCCC)ccc3n2)cc1F. The van der Waals surface area contributed by atoms with E-state index in [4.69, 9.17) is 9.47 Å². The van der Waals surface area contributed by atoms with Gasteiger partial charge in [0.25, 0.3) is 0 Å². The number of unbranched alkanes of at least 4 members (excludes halogenated alkanes) is 3. The van der Waals surface area contributed by atoms with E-state index in [9.17, 15) is 4.39 Å². The van der Waals surface area contributed by atoms with E-state index in [1.807, 2.05) is 18.2 Å². The van der Waals surface area contributed by atoms with Gasteiger partial charge in [0.05, 0.1) is 29.0 Å². The Morgan fingerprint density at radius 2 is 1.97 bits per heavy atom. The van der Waals surface area contributed by atoms with Gasteiger partial charge in [-0.05, 0) is 68.5 Å². The minimum Gasteiger partial charge on any atom is -0.486 e. The van der Waals surface area contributed by atoms with Gasteiger partial charge in [-0.2, -0.15) is 0 Å². The number of hydrogen-bond acceptors (Lipinski definition) is 4. The molecule has 0 saturated carbocycles. The van der Waals surface area contributed by atoms with Crippen molar-refractivity contribution in [2.24, 2.45) is 0 Å². The fourth-order valence-electron chi connectivity index (χ4n) is 3.66. The molecule has 4 nitrogen and oxygen atoms in total. The van der Waals surface area contributed by atoms with Crippen molar-refractivity contribution in [2.45, 2.75) is 58.5 Å². The first-order chi connectivity index (χ1) is 16.6. The van der Waals surface area contributed by atoms with Crippen molar-refractivity contribution in [3.63, 3.8) is 0 Å². The van der Waals surface area contributed by atoms with Crippen LogP contribution in [0.3, 0.4) is 0 Å². The van der Waals surface area contributed by atoms with Crippen LogP contribution in [0.25, 0.3) is 28.4 Å². The number of nitrogens with zero attached hydrogens (tertiary/aromatic N) is 2. The molecule has 1 unspecified atom stereocenters. The normalized spacial score (nSPS) is 12.3. The van der Waals surface area contributed by atoms with Crippen LogP contribution in [0, 0.1) is 5.82 Å². The number of benzene rings is 2. The van der Waals surface area contributed by atoms with Crippen LogP contribution in [0.15, 0.2) is 61.3 Å². The molecule has 0 saturated heterocycles. The summed E-state index contributed by atoms with van der Waals surface area (Å²) in [6, 6.07) is 10.8. The molecule has 0 aliphatic heterocycles. The van der Waals surface area contributed by atoms with Gasteiger partial charge >= 0.3 is 0 Å². The van der Waals surface area contributed by atoms with Gasteiger partial charge in [0, 0.05) is 12.2 Å². The van der Waals surface area contributed by atoms with E-state index in [2.05, 4.69) is 42.5 Å². The molecule has 0 aliphatic carbocycles. The lowest BCUT2D eigenvalue weighted by atomic mass is 10.1. The zero-order chi connectivity index (χ0) is 24.2. The second-order valence-corrected chi connectivity index (χ2v) is 8.47. The molecule has 1 heterocycles. The number of allylic oxidation sites excluding steroid dienone is 1. The second-order valence-electron chi connectivity index (χ2n) is 8.47. The van der Waals surface area contributed by atoms with Crippen LogP contribution in [0.5, 0.6) is 5.75 Å². The predicted molar refractivity (Wildman–Crippen MR) is 138 cm³/mol. The molecule has 0 fully saturated rings. The van der Waals surface area contributed by atoms with Crippen LogP contribution >= 0.6 is 0 Å². The Balaban J connectivity index is 1.55. The fourth-order valence-corrected chi connectivity index (χ4v) is 3.66. The Hall–Kier alpha value is -3.05. The first kappa shape index (κ1) is 25.6. The van der Waals surface area contributed by atoms with Gasteiger partial charge in [0.15, 0.2) is 11.6 Å². The van der Waals surface area contributed by atoms with Crippen LogP contribution in [0.1, 0.15) is 57.9 Å². The maximum absolute atomic E-state index is 14.3. The minimum atomic E-state index is -0.431. The van der Waals surface area contributed by atoms with Crippen molar-refractivity contribution in [3.8, 4) is 17.0 Å². The predicted octanol–water partition coefficient (Wildman–Crippen LogP) is 7.78. The average molecular weight is 463 g/mol. The third-order valence-corrected chi connectivity index (χ3v) is 5.59. The number of hydrogen-bond donors (Lipinski definition) is 0. The van der Waals surface area contributed by atoms with E-state index in [1.165, 1.54) is 18.9 Å². The van der Waals surface area contributed by atoms with Gasteiger partial charge in [-0.25, -0.2) is 9.37 Å². The van der Waals surface area contributed by atoms with E-state index in [0.717, 1.165) is 48.9 Å². The largest absolute Gasteiger partial charge is 0.486 e. The molecular weight excluding hydrogens is 427 g/mol. The highest BCUT2D eigenvalue weighted by Gasteiger charge is 2.09. The Bertz CT molecular complexity index is 1100. The molecule has 1 aromatic heterocycles. The summed E-state index contributed by atoms with van der Waals surface area (Å²) in [6.45, 7) is 9.07.